The average molecular weight is 383 g/mol. The number of hydrogen-bond acceptors (Lipinski definition) is 4. The summed E-state index contributed by atoms with van der Waals surface area (Å²) in [5.74, 6) is 0.430. The molecule has 3 nitrogen and oxygen atoms in total. The summed E-state index contributed by atoms with van der Waals surface area (Å²) in [6.45, 7) is 6.49. The second-order valence-electron chi connectivity index (χ2n) is 7.83. The first-order chi connectivity index (χ1) is 12.8. The van der Waals surface area contributed by atoms with E-state index in [-0.39, 0.29) is 11.2 Å². The van der Waals surface area contributed by atoms with E-state index in [1.54, 1.807) is 0 Å². The van der Waals surface area contributed by atoms with Crippen LogP contribution >= 0.6 is 11.8 Å². The Morgan fingerprint density at radius 1 is 1.07 bits per heavy atom. The molecular formula is C23H26O3S. The van der Waals surface area contributed by atoms with Gasteiger partial charge in [-0.05, 0) is 28.5 Å². The lowest BCUT2D eigenvalue weighted by atomic mass is 9.86. The quantitative estimate of drug-likeness (QED) is 0.672. The van der Waals surface area contributed by atoms with Crippen LogP contribution in [-0.2, 0) is 21.4 Å². The molecule has 1 aliphatic heterocycles. The maximum absolute atomic E-state index is 12.4. The number of ether oxygens (including phenoxy) is 1. The van der Waals surface area contributed by atoms with Gasteiger partial charge in [-0.3, -0.25) is 0 Å². The largest absolute Gasteiger partial charge is 0.511 e. The molecule has 0 saturated heterocycles. The molecule has 4 heteroatoms. The van der Waals surface area contributed by atoms with Crippen LogP contribution in [0.15, 0.2) is 65.3 Å². The van der Waals surface area contributed by atoms with E-state index in [1.807, 2.05) is 30.3 Å². The van der Waals surface area contributed by atoms with Crippen LogP contribution in [0.3, 0.4) is 0 Å². The molecule has 2 aromatic carbocycles. The van der Waals surface area contributed by atoms with Crippen molar-refractivity contribution in [3.63, 3.8) is 0 Å². The van der Waals surface area contributed by atoms with Gasteiger partial charge in [0.25, 0.3) is 0 Å². The van der Waals surface area contributed by atoms with Gasteiger partial charge < -0.3 is 9.84 Å². The summed E-state index contributed by atoms with van der Waals surface area (Å²) in [5, 5.41) is 10.4. The molecule has 1 aliphatic rings. The monoisotopic (exact) mass is 382 g/mol. The minimum atomic E-state index is -0.429. The number of thioether (sulfide) groups is 1. The van der Waals surface area contributed by atoms with Crippen molar-refractivity contribution in [3.05, 3.63) is 82.0 Å². The Morgan fingerprint density at radius 2 is 1.74 bits per heavy atom. The van der Waals surface area contributed by atoms with Crippen LogP contribution in [0.1, 0.15) is 50.0 Å². The van der Waals surface area contributed by atoms with Gasteiger partial charge in [-0.2, -0.15) is 0 Å². The van der Waals surface area contributed by atoms with Crippen molar-refractivity contribution in [1.82, 2.24) is 0 Å². The maximum Gasteiger partial charge on any atom is 0.348 e. The van der Waals surface area contributed by atoms with E-state index in [9.17, 15) is 9.90 Å². The SMILES string of the molecule is CC(C)(C)c1ccc(C2CC(O)=C(SCCc3ccccc3)C(=O)O2)cc1. The molecule has 0 aliphatic carbocycles. The van der Waals surface area contributed by atoms with Gasteiger partial charge in [0.05, 0.1) is 0 Å². The van der Waals surface area contributed by atoms with Gasteiger partial charge in [0.2, 0.25) is 0 Å². The Kier molecular flexibility index (Phi) is 5.95. The number of carbonyl (C=O) groups is 1. The number of hydrogen-bond donors (Lipinski definition) is 1. The number of esters is 1. The zero-order valence-corrected chi connectivity index (χ0v) is 16.9. The molecule has 0 amide bonds. The molecular weight excluding hydrogens is 356 g/mol. The molecule has 1 atom stereocenters. The van der Waals surface area contributed by atoms with Crippen LogP contribution in [0, 0.1) is 0 Å². The van der Waals surface area contributed by atoms with Crippen LogP contribution in [-0.4, -0.2) is 16.8 Å². The molecule has 0 saturated carbocycles. The number of aliphatic hydroxyl groups excluding tert-OH is 1. The molecule has 142 valence electrons. The van der Waals surface area contributed by atoms with E-state index in [1.165, 1.54) is 22.9 Å². The zero-order valence-electron chi connectivity index (χ0n) is 16.1. The normalized spacial score (nSPS) is 17.7. The molecule has 0 radical (unpaired) electrons. The number of rotatable bonds is 5. The minimum absolute atomic E-state index is 0.0758. The number of aliphatic hydroxyl groups is 1. The van der Waals surface area contributed by atoms with Crippen molar-refractivity contribution < 1.29 is 14.6 Å². The Balaban J connectivity index is 1.64. The van der Waals surface area contributed by atoms with Crippen LogP contribution < -0.4 is 0 Å². The average Bonchev–Trinajstić information content (AvgIpc) is 2.64. The third-order valence-corrected chi connectivity index (χ3v) is 5.80. The molecule has 27 heavy (non-hydrogen) atoms. The predicted molar refractivity (Wildman–Crippen MR) is 111 cm³/mol. The van der Waals surface area contributed by atoms with Gasteiger partial charge in [0.15, 0.2) is 0 Å². The van der Waals surface area contributed by atoms with E-state index in [2.05, 4.69) is 45.0 Å². The van der Waals surface area contributed by atoms with Crippen molar-refractivity contribution in [2.45, 2.75) is 45.1 Å². The summed E-state index contributed by atoms with van der Waals surface area (Å²) in [7, 11) is 0. The van der Waals surface area contributed by atoms with E-state index in [0.717, 1.165) is 17.7 Å². The Morgan fingerprint density at radius 3 is 2.33 bits per heavy atom. The third-order valence-electron chi connectivity index (χ3n) is 4.70. The highest BCUT2D eigenvalue weighted by Gasteiger charge is 2.30. The Bertz CT molecular complexity index is 817. The lowest BCUT2D eigenvalue weighted by molar-refractivity contribution is -0.146. The van der Waals surface area contributed by atoms with Crippen LogP contribution in [0.25, 0.3) is 0 Å². The summed E-state index contributed by atoms with van der Waals surface area (Å²) >= 11 is 1.37. The van der Waals surface area contributed by atoms with Gasteiger partial charge in [-0.1, -0.05) is 75.4 Å². The molecule has 2 aromatic rings. The molecule has 3 rings (SSSR count). The summed E-state index contributed by atoms with van der Waals surface area (Å²) < 4.78 is 5.61. The smallest absolute Gasteiger partial charge is 0.348 e. The second-order valence-corrected chi connectivity index (χ2v) is 8.94. The van der Waals surface area contributed by atoms with Gasteiger partial charge in [-0.15, -0.1) is 11.8 Å². The van der Waals surface area contributed by atoms with Crippen molar-refractivity contribution in [2.75, 3.05) is 5.75 Å². The summed E-state index contributed by atoms with van der Waals surface area (Å²) in [6, 6.07) is 18.2. The molecule has 1 N–H and O–H groups in total. The number of carbonyl (C=O) groups excluding carboxylic acids is 1. The van der Waals surface area contributed by atoms with E-state index >= 15 is 0 Å². The van der Waals surface area contributed by atoms with E-state index < -0.39 is 12.1 Å². The summed E-state index contributed by atoms with van der Waals surface area (Å²) in [5.41, 5.74) is 3.43. The van der Waals surface area contributed by atoms with Crippen molar-refractivity contribution >= 4 is 17.7 Å². The van der Waals surface area contributed by atoms with Crippen LogP contribution in [0.4, 0.5) is 0 Å². The fourth-order valence-corrected chi connectivity index (χ4v) is 4.01. The van der Waals surface area contributed by atoms with Crippen molar-refractivity contribution in [3.8, 4) is 0 Å². The van der Waals surface area contributed by atoms with Gasteiger partial charge in [0.1, 0.15) is 16.8 Å². The zero-order chi connectivity index (χ0) is 19.4. The second kappa shape index (κ2) is 8.22. The van der Waals surface area contributed by atoms with E-state index in [4.69, 9.17) is 4.74 Å². The highest BCUT2D eigenvalue weighted by molar-refractivity contribution is 8.04. The fourth-order valence-electron chi connectivity index (χ4n) is 3.05. The number of cyclic esters (lactones) is 1. The summed E-state index contributed by atoms with van der Waals surface area (Å²) in [4.78, 5) is 12.7. The molecule has 0 spiro atoms. The highest BCUT2D eigenvalue weighted by atomic mass is 32.2. The minimum Gasteiger partial charge on any atom is -0.511 e. The van der Waals surface area contributed by atoms with Crippen molar-refractivity contribution in [1.29, 1.82) is 0 Å². The van der Waals surface area contributed by atoms with E-state index in [0.29, 0.717) is 11.3 Å². The topological polar surface area (TPSA) is 46.5 Å². The fraction of sp³-hybridized carbons (Fsp3) is 0.348. The number of aryl methyl sites for hydroxylation is 1. The molecule has 1 heterocycles. The lowest BCUT2D eigenvalue weighted by Gasteiger charge is -2.25. The first-order valence-electron chi connectivity index (χ1n) is 9.25. The van der Waals surface area contributed by atoms with Gasteiger partial charge >= 0.3 is 5.97 Å². The number of benzene rings is 2. The van der Waals surface area contributed by atoms with Crippen LogP contribution in [0.2, 0.25) is 0 Å². The van der Waals surface area contributed by atoms with Crippen molar-refractivity contribution in [2.24, 2.45) is 0 Å². The van der Waals surface area contributed by atoms with Crippen LogP contribution in [0.5, 0.6) is 0 Å². The Labute approximate surface area is 165 Å². The van der Waals surface area contributed by atoms with Gasteiger partial charge in [-0.25, -0.2) is 4.79 Å². The maximum atomic E-state index is 12.4. The standard InChI is InChI=1S/C23H26O3S/c1-23(2,3)18-11-9-17(10-12-18)20-15-19(24)21(22(25)26-20)27-14-13-16-7-5-4-6-8-16/h4-12,20,24H,13-15H2,1-3H3. The lowest BCUT2D eigenvalue weighted by Crippen LogP contribution is -2.20. The molecule has 1 unspecified atom stereocenters. The summed E-state index contributed by atoms with van der Waals surface area (Å²) in [6.07, 6.45) is 0.742. The molecule has 0 bridgehead atoms. The predicted octanol–water partition coefficient (Wildman–Crippen LogP) is 5.72. The van der Waals surface area contributed by atoms with Gasteiger partial charge in [0, 0.05) is 12.2 Å². The highest BCUT2D eigenvalue weighted by Crippen LogP contribution is 2.36. The first kappa shape index (κ1) is 19.6. The molecule has 0 fully saturated rings. The Hall–Kier alpha value is -2.20. The first-order valence-corrected chi connectivity index (χ1v) is 10.2. The molecule has 0 aromatic heterocycles. The third kappa shape index (κ3) is 4.95.